The molecule has 6 heteroatoms. The van der Waals surface area contributed by atoms with Crippen molar-refractivity contribution < 1.29 is 23.2 Å². The van der Waals surface area contributed by atoms with E-state index in [1.54, 1.807) is 0 Å². The summed E-state index contributed by atoms with van der Waals surface area (Å²) in [6.07, 6.45) is 1.16. The van der Waals surface area contributed by atoms with Crippen molar-refractivity contribution in [3.63, 3.8) is 0 Å². The molecule has 1 unspecified atom stereocenters. The Kier molecular flexibility index (Phi) is 5.59. The highest BCUT2D eigenvalue weighted by Crippen LogP contribution is 2.35. The first-order valence-electron chi connectivity index (χ1n) is 8.00. The first-order chi connectivity index (χ1) is 11.0. The van der Waals surface area contributed by atoms with Gasteiger partial charge in [0.25, 0.3) is 11.9 Å². The van der Waals surface area contributed by atoms with Gasteiger partial charge in [-0.05, 0) is 6.42 Å². The normalized spacial score (nSPS) is 18.4. The Hall–Kier alpha value is -1.66. The van der Waals surface area contributed by atoms with Crippen molar-refractivity contribution in [1.29, 1.82) is 0 Å². The van der Waals surface area contributed by atoms with Crippen LogP contribution in [0.15, 0.2) is 30.3 Å². The van der Waals surface area contributed by atoms with Crippen molar-refractivity contribution >= 4 is 25.7 Å². The smallest absolute Gasteiger partial charge is 0.482 e. The molecular formula is C17H24O5Si. The van der Waals surface area contributed by atoms with Gasteiger partial charge in [0, 0.05) is 23.6 Å². The fourth-order valence-corrected chi connectivity index (χ4v) is 5.34. The monoisotopic (exact) mass is 336 g/mol. The van der Waals surface area contributed by atoms with Gasteiger partial charge in [0.1, 0.15) is 0 Å². The highest BCUT2D eigenvalue weighted by Gasteiger charge is 2.47. The summed E-state index contributed by atoms with van der Waals surface area (Å²) in [5, 5.41) is 0.793. The second kappa shape index (κ2) is 7.27. The molecule has 0 amide bonds. The van der Waals surface area contributed by atoms with Crippen molar-refractivity contribution in [2.24, 2.45) is 5.41 Å². The summed E-state index contributed by atoms with van der Waals surface area (Å²) in [6, 6.07) is 9.79. The quantitative estimate of drug-likeness (QED) is 0.715. The maximum absolute atomic E-state index is 12.5. The first kappa shape index (κ1) is 17.7. The fraction of sp³-hybridized carbons (Fsp3) is 0.529. The number of ether oxygens (including phenoxy) is 1. The predicted molar refractivity (Wildman–Crippen MR) is 88.3 cm³/mol. The lowest BCUT2D eigenvalue weighted by Gasteiger charge is -2.40. The van der Waals surface area contributed by atoms with Crippen LogP contribution in [0.4, 0.5) is 0 Å². The molecule has 1 fully saturated rings. The topological polar surface area (TPSA) is 61.8 Å². The number of hydrogen-bond acceptors (Lipinski definition) is 5. The number of carbonyl (C=O) groups is 2. The number of rotatable bonds is 7. The van der Waals surface area contributed by atoms with E-state index in [-0.39, 0.29) is 11.4 Å². The van der Waals surface area contributed by atoms with Crippen molar-refractivity contribution in [3.8, 4) is 0 Å². The van der Waals surface area contributed by atoms with Crippen molar-refractivity contribution in [2.75, 3.05) is 13.2 Å². The molecule has 5 nitrogen and oxygen atoms in total. The summed E-state index contributed by atoms with van der Waals surface area (Å²) in [5.41, 5.74) is -0.127. The molecule has 0 radical (unpaired) electrons. The van der Waals surface area contributed by atoms with E-state index in [4.69, 9.17) is 13.6 Å². The molecule has 1 heterocycles. The molecule has 2 rings (SSSR count). The molecule has 1 aliphatic rings. The third kappa shape index (κ3) is 4.00. The fourth-order valence-electron chi connectivity index (χ4n) is 2.76. The van der Waals surface area contributed by atoms with Crippen LogP contribution < -0.4 is 5.19 Å². The zero-order valence-electron chi connectivity index (χ0n) is 14.0. The molecule has 126 valence electrons. The molecule has 1 aliphatic heterocycles. The van der Waals surface area contributed by atoms with Crippen molar-refractivity contribution in [3.05, 3.63) is 30.3 Å². The molecule has 23 heavy (non-hydrogen) atoms. The van der Waals surface area contributed by atoms with E-state index in [2.05, 4.69) is 0 Å². The van der Waals surface area contributed by atoms with Crippen LogP contribution >= 0.6 is 0 Å². The molecule has 1 saturated heterocycles. The summed E-state index contributed by atoms with van der Waals surface area (Å²) in [4.78, 5) is 24.1. The van der Waals surface area contributed by atoms with Gasteiger partial charge < -0.3 is 13.6 Å². The molecule has 1 atom stereocenters. The Labute approximate surface area is 138 Å². The van der Waals surface area contributed by atoms with Gasteiger partial charge >= 0.3 is 8.56 Å². The van der Waals surface area contributed by atoms with E-state index in [0.29, 0.717) is 25.7 Å². The van der Waals surface area contributed by atoms with Crippen LogP contribution in [-0.4, -0.2) is 33.7 Å². The van der Waals surface area contributed by atoms with E-state index in [9.17, 15) is 9.59 Å². The number of carbonyl (C=O) groups excluding carboxylic acids is 2. The molecule has 0 spiro atoms. The number of benzene rings is 1. The Bertz CT molecular complexity index is 550. The van der Waals surface area contributed by atoms with Gasteiger partial charge in [-0.15, -0.1) is 0 Å². The molecule has 0 N–H and O–H groups in total. The summed E-state index contributed by atoms with van der Waals surface area (Å²) in [7, 11) is -3.11. The predicted octanol–water partition coefficient (Wildman–Crippen LogP) is 2.28. The average molecular weight is 336 g/mol. The summed E-state index contributed by atoms with van der Waals surface area (Å²) < 4.78 is 16.6. The van der Waals surface area contributed by atoms with E-state index in [1.807, 2.05) is 44.2 Å². The van der Waals surface area contributed by atoms with Gasteiger partial charge in [0.15, 0.2) is 0 Å². The van der Waals surface area contributed by atoms with Crippen LogP contribution in [0.1, 0.15) is 33.6 Å². The first-order valence-corrected chi connectivity index (χ1v) is 10.0. The van der Waals surface area contributed by atoms with Crippen molar-refractivity contribution in [2.45, 2.75) is 39.7 Å². The lowest BCUT2D eigenvalue weighted by atomic mass is 9.80. The van der Waals surface area contributed by atoms with Crippen LogP contribution in [0.25, 0.3) is 0 Å². The molecule has 0 aromatic heterocycles. The zero-order chi connectivity index (χ0) is 16.9. The van der Waals surface area contributed by atoms with Crippen molar-refractivity contribution in [1.82, 2.24) is 0 Å². The second-order valence-corrected chi connectivity index (χ2v) is 9.26. The standard InChI is InChI=1S/C17H24O5Si/c1-4-17(12-20-13-17)11-16(19)22-23(5-2,21-14(3)18)15-9-7-6-8-10-15/h6-10H,4-5,11-13H2,1-3H3. The minimum atomic E-state index is -3.11. The molecule has 0 bridgehead atoms. The maximum Gasteiger partial charge on any atom is 0.499 e. The zero-order valence-corrected chi connectivity index (χ0v) is 15.0. The second-order valence-electron chi connectivity index (χ2n) is 6.06. The van der Waals surface area contributed by atoms with Crippen LogP contribution in [0.2, 0.25) is 6.04 Å². The Morgan fingerprint density at radius 3 is 2.26 bits per heavy atom. The van der Waals surface area contributed by atoms with Gasteiger partial charge in [-0.3, -0.25) is 9.59 Å². The minimum Gasteiger partial charge on any atom is -0.482 e. The minimum absolute atomic E-state index is 0.127. The SMILES string of the molecule is CCC1(CC(=O)O[Si](CC)(OC(C)=O)c2ccccc2)COC1. The van der Waals surface area contributed by atoms with Crippen LogP contribution in [-0.2, 0) is 23.2 Å². The largest absolute Gasteiger partial charge is 0.499 e. The van der Waals surface area contributed by atoms with E-state index in [1.165, 1.54) is 6.92 Å². The number of hydrogen-bond donors (Lipinski definition) is 0. The van der Waals surface area contributed by atoms with E-state index < -0.39 is 14.5 Å². The molecule has 1 aromatic rings. The molecule has 1 aromatic carbocycles. The van der Waals surface area contributed by atoms with Gasteiger partial charge in [0.05, 0.1) is 19.6 Å². The molecular weight excluding hydrogens is 312 g/mol. The summed E-state index contributed by atoms with van der Waals surface area (Å²) in [5.74, 6) is -0.735. The Morgan fingerprint density at radius 2 is 1.83 bits per heavy atom. The molecule has 0 aliphatic carbocycles. The Balaban J connectivity index is 2.20. The van der Waals surface area contributed by atoms with Crippen LogP contribution in [0.5, 0.6) is 0 Å². The van der Waals surface area contributed by atoms with Gasteiger partial charge in [-0.25, -0.2) is 0 Å². The summed E-state index contributed by atoms with van der Waals surface area (Å²) >= 11 is 0. The molecule has 0 saturated carbocycles. The van der Waals surface area contributed by atoms with Gasteiger partial charge in [-0.2, -0.15) is 0 Å². The Morgan fingerprint density at radius 1 is 1.17 bits per heavy atom. The van der Waals surface area contributed by atoms with Gasteiger partial charge in [0.2, 0.25) is 0 Å². The van der Waals surface area contributed by atoms with Crippen LogP contribution in [0.3, 0.4) is 0 Å². The lowest BCUT2D eigenvalue weighted by molar-refractivity contribution is -0.157. The highest BCUT2D eigenvalue weighted by atomic mass is 28.4. The van der Waals surface area contributed by atoms with E-state index in [0.717, 1.165) is 11.6 Å². The van der Waals surface area contributed by atoms with Gasteiger partial charge in [-0.1, -0.05) is 44.2 Å². The maximum atomic E-state index is 12.5. The third-order valence-electron chi connectivity index (χ3n) is 4.35. The van der Waals surface area contributed by atoms with E-state index >= 15 is 0 Å². The highest BCUT2D eigenvalue weighted by molar-refractivity contribution is 6.83. The van der Waals surface area contributed by atoms with Crippen LogP contribution in [0, 0.1) is 5.41 Å². The third-order valence-corrected chi connectivity index (χ3v) is 7.67. The lowest BCUT2D eigenvalue weighted by Crippen LogP contribution is -2.56. The summed E-state index contributed by atoms with van der Waals surface area (Å²) in [6.45, 7) is 6.44. The average Bonchev–Trinajstić information content (AvgIpc) is 2.50.